The number of carbonyl (C=O) groups excluding carboxylic acids is 1. The molecule has 5 nitrogen and oxygen atoms in total. The highest BCUT2D eigenvalue weighted by molar-refractivity contribution is 5.99. The van der Waals surface area contributed by atoms with Gasteiger partial charge in [0.1, 0.15) is 5.75 Å². The molecule has 0 aliphatic heterocycles. The van der Waals surface area contributed by atoms with Crippen LogP contribution in [0.15, 0.2) is 60.8 Å². The molecule has 2 N–H and O–H groups in total. The van der Waals surface area contributed by atoms with Crippen LogP contribution in [-0.2, 0) is 5.54 Å². The normalized spacial score (nSPS) is 14.8. The number of pyridine rings is 1. The number of nitrogens with zero attached hydrogens (tertiary/aromatic N) is 1. The molecule has 0 atom stereocenters. The van der Waals surface area contributed by atoms with Gasteiger partial charge in [-0.15, -0.1) is 0 Å². The lowest BCUT2D eigenvalue weighted by atomic mass is 10.1. The van der Waals surface area contributed by atoms with Gasteiger partial charge in [-0.05, 0) is 42.7 Å². The molecule has 0 spiro atoms. The average Bonchev–Trinajstić information content (AvgIpc) is 3.42. The summed E-state index contributed by atoms with van der Waals surface area (Å²) in [5, 5.41) is 7.05. The Morgan fingerprint density at radius 1 is 1.08 bits per heavy atom. The molecular formula is C20H19N3O2. The number of rotatable bonds is 4. The first-order chi connectivity index (χ1) is 12.2. The summed E-state index contributed by atoms with van der Waals surface area (Å²) in [6.07, 6.45) is 3.59. The number of aromatic nitrogens is 1. The molecule has 0 bridgehead atoms. The zero-order chi connectivity index (χ0) is 17.3. The third-order valence-electron chi connectivity index (χ3n) is 4.63. The Balaban J connectivity index is 1.51. The van der Waals surface area contributed by atoms with Gasteiger partial charge in [0, 0.05) is 11.6 Å². The van der Waals surface area contributed by atoms with Crippen molar-refractivity contribution in [2.75, 3.05) is 12.4 Å². The molecule has 1 aliphatic rings. The third kappa shape index (κ3) is 3.01. The zero-order valence-electron chi connectivity index (χ0n) is 14.0. The highest BCUT2D eigenvalue weighted by Crippen LogP contribution is 2.45. The molecule has 3 aromatic rings. The SMILES string of the molecule is COc1ccc(C2(NC(=O)Nc3cccc4cccnc34)CC2)cc1. The van der Waals surface area contributed by atoms with Crippen molar-refractivity contribution in [2.45, 2.75) is 18.4 Å². The largest absolute Gasteiger partial charge is 0.497 e. The van der Waals surface area contributed by atoms with Crippen LogP contribution in [0.2, 0.25) is 0 Å². The Kier molecular flexibility index (Phi) is 3.76. The Morgan fingerprint density at radius 2 is 1.84 bits per heavy atom. The standard InChI is InChI=1S/C20H19N3O2/c1-25-16-9-7-15(8-10-16)20(11-12-20)23-19(24)22-17-6-2-4-14-5-3-13-21-18(14)17/h2-10,13H,11-12H2,1H3,(H2,22,23,24). The third-order valence-corrected chi connectivity index (χ3v) is 4.63. The van der Waals surface area contributed by atoms with Crippen LogP contribution in [0.3, 0.4) is 0 Å². The molecule has 2 amide bonds. The molecule has 0 radical (unpaired) electrons. The van der Waals surface area contributed by atoms with Gasteiger partial charge in [-0.3, -0.25) is 4.98 Å². The number of carbonyl (C=O) groups is 1. The molecule has 1 aromatic heterocycles. The number of nitrogens with one attached hydrogen (secondary N) is 2. The summed E-state index contributed by atoms with van der Waals surface area (Å²) in [6.45, 7) is 0. The first kappa shape index (κ1) is 15.4. The van der Waals surface area contributed by atoms with Crippen molar-refractivity contribution in [1.29, 1.82) is 0 Å². The maximum atomic E-state index is 12.5. The lowest BCUT2D eigenvalue weighted by molar-refractivity contribution is 0.247. The highest BCUT2D eigenvalue weighted by Gasteiger charge is 2.45. The van der Waals surface area contributed by atoms with Crippen LogP contribution < -0.4 is 15.4 Å². The lowest BCUT2D eigenvalue weighted by Crippen LogP contribution is -2.38. The van der Waals surface area contributed by atoms with Gasteiger partial charge in [0.2, 0.25) is 0 Å². The summed E-state index contributed by atoms with van der Waals surface area (Å²) in [7, 11) is 1.64. The predicted octanol–water partition coefficient (Wildman–Crippen LogP) is 4.05. The highest BCUT2D eigenvalue weighted by atomic mass is 16.5. The van der Waals surface area contributed by atoms with Gasteiger partial charge in [0.25, 0.3) is 0 Å². The van der Waals surface area contributed by atoms with Gasteiger partial charge in [-0.1, -0.05) is 30.3 Å². The number of methoxy groups -OCH3 is 1. The van der Waals surface area contributed by atoms with E-state index in [1.165, 1.54) is 0 Å². The van der Waals surface area contributed by atoms with Crippen molar-refractivity contribution in [2.24, 2.45) is 0 Å². The number of hydrogen-bond donors (Lipinski definition) is 2. The summed E-state index contributed by atoms with van der Waals surface area (Å²) < 4.78 is 5.20. The summed E-state index contributed by atoms with van der Waals surface area (Å²) in [5.74, 6) is 0.811. The van der Waals surface area contributed by atoms with E-state index in [-0.39, 0.29) is 11.6 Å². The predicted molar refractivity (Wildman–Crippen MR) is 97.8 cm³/mol. The lowest BCUT2D eigenvalue weighted by Gasteiger charge is -2.19. The summed E-state index contributed by atoms with van der Waals surface area (Å²) in [4.78, 5) is 16.9. The van der Waals surface area contributed by atoms with Crippen molar-refractivity contribution in [3.8, 4) is 5.75 Å². The van der Waals surface area contributed by atoms with E-state index in [1.54, 1.807) is 13.3 Å². The number of benzene rings is 2. The fourth-order valence-corrected chi connectivity index (χ4v) is 3.10. The maximum Gasteiger partial charge on any atom is 0.320 e. The van der Waals surface area contributed by atoms with E-state index in [1.807, 2.05) is 54.6 Å². The van der Waals surface area contributed by atoms with Crippen LogP contribution in [0.25, 0.3) is 10.9 Å². The number of para-hydroxylation sites is 1. The van der Waals surface area contributed by atoms with Crippen molar-refractivity contribution in [3.63, 3.8) is 0 Å². The van der Waals surface area contributed by atoms with Crippen molar-refractivity contribution >= 4 is 22.6 Å². The van der Waals surface area contributed by atoms with Gasteiger partial charge < -0.3 is 15.4 Å². The van der Waals surface area contributed by atoms with Crippen LogP contribution in [0.1, 0.15) is 18.4 Å². The van der Waals surface area contributed by atoms with Gasteiger partial charge in [-0.25, -0.2) is 4.79 Å². The van der Waals surface area contributed by atoms with E-state index >= 15 is 0 Å². The molecule has 2 aromatic carbocycles. The molecule has 126 valence electrons. The molecule has 4 rings (SSSR count). The topological polar surface area (TPSA) is 63.2 Å². The molecule has 1 aliphatic carbocycles. The van der Waals surface area contributed by atoms with Gasteiger partial charge >= 0.3 is 6.03 Å². The zero-order valence-corrected chi connectivity index (χ0v) is 14.0. The van der Waals surface area contributed by atoms with Crippen molar-refractivity contribution in [1.82, 2.24) is 10.3 Å². The van der Waals surface area contributed by atoms with E-state index in [2.05, 4.69) is 15.6 Å². The van der Waals surface area contributed by atoms with Gasteiger partial charge in [-0.2, -0.15) is 0 Å². The Bertz CT molecular complexity index is 912. The number of hydrogen-bond acceptors (Lipinski definition) is 3. The fraction of sp³-hybridized carbons (Fsp3) is 0.200. The minimum Gasteiger partial charge on any atom is -0.497 e. The summed E-state index contributed by atoms with van der Waals surface area (Å²) >= 11 is 0. The van der Waals surface area contributed by atoms with E-state index in [0.717, 1.165) is 35.1 Å². The molecule has 0 unspecified atom stereocenters. The second-order valence-corrected chi connectivity index (χ2v) is 6.27. The number of urea groups is 1. The van der Waals surface area contributed by atoms with Crippen LogP contribution in [0, 0.1) is 0 Å². The van der Waals surface area contributed by atoms with Crippen molar-refractivity contribution < 1.29 is 9.53 Å². The summed E-state index contributed by atoms with van der Waals surface area (Å²) in [5.41, 5.74) is 2.31. The van der Waals surface area contributed by atoms with Crippen LogP contribution in [-0.4, -0.2) is 18.1 Å². The molecule has 1 heterocycles. The quantitative estimate of drug-likeness (QED) is 0.757. The van der Waals surface area contributed by atoms with Crippen LogP contribution >= 0.6 is 0 Å². The van der Waals surface area contributed by atoms with E-state index in [9.17, 15) is 4.79 Å². The monoisotopic (exact) mass is 333 g/mol. The minimum absolute atomic E-state index is 0.216. The average molecular weight is 333 g/mol. The molecular weight excluding hydrogens is 314 g/mol. The molecule has 5 heteroatoms. The second kappa shape index (κ2) is 6.09. The Hall–Kier alpha value is -3.08. The summed E-state index contributed by atoms with van der Waals surface area (Å²) in [6, 6.07) is 17.2. The van der Waals surface area contributed by atoms with Gasteiger partial charge in [0.15, 0.2) is 0 Å². The molecule has 25 heavy (non-hydrogen) atoms. The number of fused-ring (bicyclic) bond motifs is 1. The second-order valence-electron chi connectivity index (χ2n) is 6.27. The first-order valence-electron chi connectivity index (χ1n) is 8.28. The van der Waals surface area contributed by atoms with Crippen LogP contribution in [0.4, 0.5) is 10.5 Å². The van der Waals surface area contributed by atoms with E-state index in [0.29, 0.717) is 5.69 Å². The molecule has 0 saturated heterocycles. The number of ether oxygens (including phenoxy) is 1. The van der Waals surface area contributed by atoms with E-state index in [4.69, 9.17) is 4.74 Å². The fourth-order valence-electron chi connectivity index (χ4n) is 3.10. The number of amides is 2. The smallest absolute Gasteiger partial charge is 0.320 e. The minimum atomic E-state index is -0.283. The molecule has 1 fully saturated rings. The van der Waals surface area contributed by atoms with Crippen LogP contribution in [0.5, 0.6) is 5.75 Å². The van der Waals surface area contributed by atoms with Gasteiger partial charge in [0.05, 0.1) is 23.9 Å². The Labute approximate surface area is 146 Å². The Morgan fingerprint density at radius 3 is 2.56 bits per heavy atom. The van der Waals surface area contributed by atoms with E-state index < -0.39 is 0 Å². The molecule has 1 saturated carbocycles. The maximum absolute atomic E-state index is 12.5. The first-order valence-corrected chi connectivity index (χ1v) is 8.28. The van der Waals surface area contributed by atoms with Crippen molar-refractivity contribution in [3.05, 3.63) is 66.4 Å². The number of anilines is 1.